The zero-order chi connectivity index (χ0) is 27.6. The second-order valence-electron chi connectivity index (χ2n) is 9.55. The summed E-state index contributed by atoms with van der Waals surface area (Å²) in [5.74, 6) is 2.10. The van der Waals surface area contributed by atoms with Crippen molar-refractivity contribution in [3.05, 3.63) is 67.0 Å². The van der Waals surface area contributed by atoms with Gasteiger partial charge in [-0.25, -0.2) is 0 Å². The molecule has 3 aromatic rings. The molecule has 0 saturated heterocycles. The Morgan fingerprint density at radius 1 is 0.806 bits per heavy atom. The van der Waals surface area contributed by atoms with E-state index in [9.17, 15) is 0 Å². The van der Waals surface area contributed by atoms with Gasteiger partial charge < -0.3 is 9.16 Å². The van der Waals surface area contributed by atoms with Crippen molar-refractivity contribution in [2.75, 3.05) is 7.11 Å². The van der Waals surface area contributed by atoms with Crippen molar-refractivity contribution >= 4 is 29.9 Å². The molecule has 0 aliphatic carbocycles. The van der Waals surface area contributed by atoms with Crippen LogP contribution in [0.5, 0.6) is 11.5 Å². The van der Waals surface area contributed by atoms with E-state index < -0.39 is 8.32 Å². The second-order valence-corrected chi connectivity index (χ2v) is 14.3. The zero-order valence-corrected chi connectivity index (χ0v) is 25.0. The molecule has 0 radical (unpaired) electrons. The van der Waals surface area contributed by atoms with E-state index in [1.807, 2.05) is 0 Å². The fourth-order valence-corrected chi connectivity index (χ4v) is 5.12. The molecule has 0 unspecified atom stereocenters. The van der Waals surface area contributed by atoms with Crippen molar-refractivity contribution < 1.29 is 40.5 Å². The summed E-state index contributed by atoms with van der Waals surface area (Å²) in [6, 6.07) is 11.0. The summed E-state index contributed by atoms with van der Waals surface area (Å²) in [6.45, 7) is 31.7. The minimum atomic E-state index is -2.00. The van der Waals surface area contributed by atoms with Gasteiger partial charge in [0.25, 0.3) is 8.32 Å². The fraction of sp³-hybridized carbons (Fsp3) is 0.414. The first kappa shape index (κ1) is 35.9. The molecule has 3 aromatic carbocycles. The minimum absolute atomic E-state index is 0. The quantitative estimate of drug-likeness (QED) is 0.143. The molecule has 5 nitrogen and oxygen atoms in total. The van der Waals surface area contributed by atoms with Crippen LogP contribution < -0.4 is 9.16 Å². The first-order valence-corrected chi connectivity index (χ1v) is 14.3. The summed E-state index contributed by atoms with van der Waals surface area (Å²) >= 11 is 0. The predicted octanol–water partition coefficient (Wildman–Crippen LogP) is 7.70. The van der Waals surface area contributed by atoms with Crippen LogP contribution in [-0.4, -0.2) is 15.4 Å². The smallest absolute Gasteiger partial charge is 0 e. The third-order valence-corrected chi connectivity index (χ3v) is 11.0. The van der Waals surface area contributed by atoms with Gasteiger partial charge in [0.2, 0.25) is 0 Å². The van der Waals surface area contributed by atoms with Gasteiger partial charge in [0.05, 0.1) is 7.11 Å². The molecule has 7 heteroatoms. The van der Waals surface area contributed by atoms with E-state index in [0.717, 1.165) is 24.3 Å². The van der Waals surface area contributed by atoms with Gasteiger partial charge in [0, 0.05) is 33.7 Å². The summed E-state index contributed by atoms with van der Waals surface area (Å²) in [4.78, 5) is 0. The Bertz CT molecular complexity index is 1190. The molecular formula is C29H36CrO5Si. The maximum absolute atomic E-state index is 7.50. The van der Waals surface area contributed by atoms with Crippen LogP contribution in [0.3, 0.4) is 0 Å². The van der Waals surface area contributed by atoms with Gasteiger partial charge in [-0.3, -0.25) is 0 Å². The number of ether oxygens (including phenoxy) is 1. The van der Waals surface area contributed by atoms with Crippen LogP contribution in [0.1, 0.15) is 51.3 Å². The zero-order valence-electron chi connectivity index (χ0n) is 22.8. The average Bonchev–Trinajstić information content (AvgIpc) is 2.86. The fourth-order valence-electron chi connectivity index (χ4n) is 4.07. The maximum atomic E-state index is 7.50. The topological polar surface area (TPSA) is 78.2 Å². The van der Waals surface area contributed by atoms with E-state index in [1.165, 1.54) is 38.2 Å². The Morgan fingerprint density at radius 2 is 1.25 bits per heavy atom. The monoisotopic (exact) mass is 544 g/mol. The van der Waals surface area contributed by atoms with Crippen molar-refractivity contribution in [3.63, 3.8) is 0 Å². The maximum Gasteiger partial charge on any atom is 0 e. The molecular weight excluding hydrogens is 508 g/mol. The second kappa shape index (κ2) is 15.8. The van der Waals surface area contributed by atoms with E-state index in [2.05, 4.69) is 105 Å². The third kappa shape index (κ3) is 7.16. The van der Waals surface area contributed by atoms with Crippen LogP contribution in [0, 0.1) is 26.9 Å². The van der Waals surface area contributed by atoms with Crippen molar-refractivity contribution in [1.29, 1.82) is 0 Å². The van der Waals surface area contributed by atoms with Gasteiger partial charge in [0.15, 0.2) is 0 Å². The van der Waals surface area contributed by atoms with E-state index >= 15 is 0 Å². The number of benzene rings is 3. The average molecular weight is 545 g/mol. The summed E-state index contributed by atoms with van der Waals surface area (Å²) < 4.78 is 35.6. The van der Waals surface area contributed by atoms with Crippen LogP contribution >= 0.6 is 0 Å². The van der Waals surface area contributed by atoms with E-state index in [1.54, 1.807) is 7.11 Å². The molecule has 0 aromatic heterocycles. The standard InChI is InChI=1S/C26H36O2Si.3CO.Cr/c1-10-18-19(11-2)25(27-7)23-21-15-13-12-14-20(21)17(3)16-22(23)24(18)28-29(8,9)26(4,5)6;3*1-2;/h12-16H,10-11H2,1-9H3;;;;. The molecule has 0 N–H and O–H groups in total. The van der Waals surface area contributed by atoms with Gasteiger partial charge in [-0.2, -0.15) is 0 Å². The molecule has 0 bridgehead atoms. The summed E-state index contributed by atoms with van der Waals surface area (Å²) in [6.07, 6.45) is 1.86. The predicted molar refractivity (Wildman–Crippen MR) is 141 cm³/mol. The molecule has 0 atom stereocenters. The molecule has 0 amide bonds. The number of methoxy groups -OCH3 is 1. The van der Waals surface area contributed by atoms with E-state index in [4.69, 9.17) is 23.1 Å². The Morgan fingerprint density at radius 3 is 1.67 bits per heavy atom. The molecule has 192 valence electrons. The van der Waals surface area contributed by atoms with Gasteiger partial charge in [0.1, 0.15) is 11.5 Å². The van der Waals surface area contributed by atoms with Crippen LogP contribution in [0.4, 0.5) is 0 Å². The Balaban J connectivity index is 0. The molecule has 0 spiro atoms. The number of hydrogen-bond acceptors (Lipinski definition) is 2. The van der Waals surface area contributed by atoms with Gasteiger partial charge in [-0.15, -0.1) is 0 Å². The van der Waals surface area contributed by atoms with Gasteiger partial charge in [-0.05, 0) is 65.9 Å². The Hall–Kier alpha value is -2.25. The number of aryl methyl sites for hydroxylation is 1. The van der Waals surface area contributed by atoms with Gasteiger partial charge >= 0.3 is 33.9 Å². The molecule has 0 aliphatic rings. The van der Waals surface area contributed by atoms with Crippen molar-refractivity contribution in [2.24, 2.45) is 0 Å². The summed E-state index contributed by atoms with van der Waals surface area (Å²) in [5, 5.41) is 5.05. The molecule has 0 heterocycles. The Labute approximate surface area is 228 Å². The van der Waals surface area contributed by atoms with Crippen molar-refractivity contribution in [2.45, 2.75) is 72.5 Å². The molecule has 3 rings (SSSR count). The molecule has 0 aliphatic heterocycles. The molecule has 36 heavy (non-hydrogen) atoms. The number of rotatable bonds is 5. The number of hydrogen-bond donors (Lipinski definition) is 0. The van der Waals surface area contributed by atoms with Crippen LogP contribution in [0.2, 0.25) is 18.1 Å². The number of fused-ring (bicyclic) bond motifs is 3. The van der Waals surface area contributed by atoms with E-state index in [-0.39, 0.29) is 22.4 Å². The van der Waals surface area contributed by atoms with Crippen LogP contribution in [-0.2, 0) is 44.2 Å². The first-order chi connectivity index (χ1) is 16.6. The van der Waals surface area contributed by atoms with Gasteiger partial charge in [-0.1, -0.05) is 58.9 Å². The SMILES string of the molecule is CCc1c(CC)c(OC)c2c(cc(C)c3ccccc32)c1O[Si](C)(C)C(C)(C)C.[C-]#[O+].[C-]#[O+].[C-]#[O+].[Cr]. The van der Waals surface area contributed by atoms with Crippen LogP contribution in [0.25, 0.3) is 21.5 Å². The Kier molecular flexibility index (Phi) is 15.7. The summed E-state index contributed by atoms with van der Waals surface area (Å²) in [5.41, 5.74) is 3.86. The van der Waals surface area contributed by atoms with Crippen molar-refractivity contribution in [1.82, 2.24) is 0 Å². The molecule has 0 saturated carbocycles. The summed E-state index contributed by atoms with van der Waals surface area (Å²) in [7, 11) is -0.198. The third-order valence-electron chi connectivity index (χ3n) is 6.71. The van der Waals surface area contributed by atoms with Crippen molar-refractivity contribution in [3.8, 4) is 11.5 Å². The largest absolute Gasteiger partial charge is 0 e. The van der Waals surface area contributed by atoms with Crippen LogP contribution in [0.15, 0.2) is 30.3 Å². The normalized spacial score (nSPS) is 10.3. The first-order valence-electron chi connectivity index (χ1n) is 11.4. The molecule has 0 fully saturated rings. The van der Waals surface area contributed by atoms with E-state index in [0.29, 0.717) is 0 Å². The minimum Gasteiger partial charge on any atom is 0 e.